The highest BCUT2D eigenvalue weighted by Crippen LogP contribution is 2.25. The summed E-state index contributed by atoms with van der Waals surface area (Å²) in [6.07, 6.45) is 0. The quantitative estimate of drug-likeness (QED) is 0.475. The smallest absolute Gasteiger partial charge is 0.344 e. The molecule has 0 aliphatic carbocycles. The second-order valence-corrected chi connectivity index (χ2v) is 4.53. The van der Waals surface area contributed by atoms with Crippen LogP contribution in [0.1, 0.15) is 27.4 Å². The molecular formula is C14H14N2O6. The Labute approximate surface area is 125 Å². The number of nitro groups is 1. The summed E-state index contributed by atoms with van der Waals surface area (Å²) in [5, 5.41) is 14.5. The second kappa shape index (κ2) is 6.25. The standard InChI is InChI=1S/C14H14N2O6/c1-8-13(9(2)22-15-8)14(17)21-7-10-6-11(16(18)19)4-5-12(10)20-3/h4-6H,7H2,1-3H3. The third kappa shape index (κ3) is 3.05. The van der Waals surface area contributed by atoms with Crippen LogP contribution in [0.25, 0.3) is 0 Å². The highest BCUT2D eigenvalue weighted by atomic mass is 16.6. The number of ether oxygens (including phenoxy) is 2. The Bertz CT molecular complexity index is 703. The number of esters is 1. The van der Waals surface area contributed by atoms with Gasteiger partial charge in [-0.05, 0) is 19.9 Å². The minimum Gasteiger partial charge on any atom is -0.496 e. The molecule has 0 aliphatic heterocycles. The van der Waals surface area contributed by atoms with Crippen LogP contribution in [0.3, 0.4) is 0 Å². The van der Waals surface area contributed by atoms with E-state index in [1.807, 2.05) is 0 Å². The van der Waals surface area contributed by atoms with E-state index in [-0.39, 0.29) is 17.9 Å². The molecule has 0 aliphatic rings. The number of non-ortho nitro benzene ring substituents is 1. The number of hydrogen-bond donors (Lipinski definition) is 0. The Kier molecular flexibility index (Phi) is 4.40. The first-order valence-corrected chi connectivity index (χ1v) is 6.35. The van der Waals surface area contributed by atoms with Crippen LogP contribution < -0.4 is 4.74 Å². The van der Waals surface area contributed by atoms with Gasteiger partial charge in [-0.1, -0.05) is 5.16 Å². The van der Waals surface area contributed by atoms with Crippen LogP contribution >= 0.6 is 0 Å². The zero-order valence-electron chi connectivity index (χ0n) is 12.3. The van der Waals surface area contributed by atoms with E-state index < -0.39 is 10.9 Å². The Morgan fingerprint density at radius 3 is 2.68 bits per heavy atom. The fraction of sp³-hybridized carbons (Fsp3) is 0.286. The third-order valence-corrected chi connectivity index (χ3v) is 3.07. The molecule has 0 unspecified atom stereocenters. The van der Waals surface area contributed by atoms with Crippen LogP contribution in [0.4, 0.5) is 5.69 Å². The molecule has 1 aromatic carbocycles. The maximum absolute atomic E-state index is 12.0. The zero-order valence-corrected chi connectivity index (χ0v) is 12.3. The van der Waals surface area contributed by atoms with Gasteiger partial charge in [0.2, 0.25) is 0 Å². The summed E-state index contributed by atoms with van der Waals surface area (Å²) in [4.78, 5) is 22.3. The first-order valence-electron chi connectivity index (χ1n) is 6.35. The first-order chi connectivity index (χ1) is 10.4. The summed E-state index contributed by atoms with van der Waals surface area (Å²) < 4.78 is 15.2. The topological polar surface area (TPSA) is 105 Å². The molecule has 0 fully saturated rings. The van der Waals surface area contributed by atoms with Gasteiger partial charge in [0, 0.05) is 17.7 Å². The summed E-state index contributed by atoms with van der Waals surface area (Å²) >= 11 is 0. The number of nitrogens with zero attached hydrogens (tertiary/aromatic N) is 2. The van der Waals surface area contributed by atoms with E-state index in [4.69, 9.17) is 14.0 Å². The second-order valence-electron chi connectivity index (χ2n) is 4.53. The minimum atomic E-state index is -0.607. The summed E-state index contributed by atoms with van der Waals surface area (Å²) in [6.45, 7) is 3.07. The van der Waals surface area contributed by atoms with Crippen molar-refractivity contribution in [2.75, 3.05) is 7.11 Å². The number of nitro benzene ring substituents is 1. The maximum Gasteiger partial charge on any atom is 0.344 e. The van der Waals surface area contributed by atoms with Gasteiger partial charge in [0.1, 0.15) is 23.7 Å². The molecule has 116 valence electrons. The lowest BCUT2D eigenvalue weighted by atomic mass is 10.2. The lowest BCUT2D eigenvalue weighted by molar-refractivity contribution is -0.385. The third-order valence-electron chi connectivity index (χ3n) is 3.07. The Hall–Kier alpha value is -2.90. The van der Waals surface area contributed by atoms with Crippen molar-refractivity contribution in [2.24, 2.45) is 0 Å². The summed E-state index contributed by atoms with van der Waals surface area (Å²) in [5.74, 6) is 0.149. The molecule has 0 spiro atoms. The molecule has 0 bridgehead atoms. The first kappa shape index (κ1) is 15.5. The highest BCUT2D eigenvalue weighted by molar-refractivity contribution is 5.91. The zero-order chi connectivity index (χ0) is 16.3. The number of methoxy groups -OCH3 is 1. The molecule has 8 heteroatoms. The van der Waals surface area contributed by atoms with Crippen LogP contribution in [-0.2, 0) is 11.3 Å². The molecule has 22 heavy (non-hydrogen) atoms. The van der Waals surface area contributed by atoms with Gasteiger partial charge in [-0.15, -0.1) is 0 Å². The van der Waals surface area contributed by atoms with E-state index in [1.54, 1.807) is 13.8 Å². The molecule has 2 aromatic rings. The fourth-order valence-electron chi connectivity index (χ4n) is 1.98. The van der Waals surface area contributed by atoms with Gasteiger partial charge in [-0.3, -0.25) is 10.1 Å². The van der Waals surface area contributed by atoms with E-state index in [9.17, 15) is 14.9 Å². The summed E-state index contributed by atoms with van der Waals surface area (Å²) in [6, 6.07) is 4.08. The maximum atomic E-state index is 12.0. The average molecular weight is 306 g/mol. The van der Waals surface area contributed by atoms with Crippen molar-refractivity contribution >= 4 is 11.7 Å². The van der Waals surface area contributed by atoms with Crippen molar-refractivity contribution < 1.29 is 23.7 Å². The van der Waals surface area contributed by atoms with Crippen LogP contribution in [-0.4, -0.2) is 23.2 Å². The molecule has 1 heterocycles. The molecule has 0 saturated heterocycles. The molecule has 0 N–H and O–H groups in total. The normalized spacial score (nSPS) is 10.3. The van der Waals surface area contributed by atoms with Gasteiger partial charge >= 0.3 is 5.97 Å². The van der Waals surface area contributed by atoms with Crippen LogP contribution in [0, 0.1) is 24.0 Å². The average Bonchev–Trinajstić information content (AvgIpc) is 2.83. The van der Waals surface area contributed by atoms with E-state index in [2.05, 4.69) is 5.16 Å². The van der Waals surface area contributed by atoms with Crippen molar-refractivity contribution in [1.82, 2.24) is 5.16 Å². The van der Waals surface area contributed by atoms with Gasteiger partial charge in [-0.25, -0.2) is 4.79 Å². The minimum absolute atomic E-state index is 0.107. The number of hydrogen-bond acceptors (Lipinski definition) is 7. The van der Waals surface area contributed by atoms with Crippen molar-refractivity contribution in [1.29, 1.82) is 0 Å². The van der Waals surface area contributed by atoms with E-state index in [0.29, 0.717) is 22.8 Å². The van der Waals surface area contributed by atoms with Crippen LogP contribution in [0.2, 0.25) is 0 Å². The Morgan fingerprint density at radius 1 is 1.41 bits per heavy atom. The van der Waals surface area contributed by atoms with Crippen LogP contribution in [0.15, 0.2) is 22.7 Å². The highest BCUT2D eigenvalue weighted by Gasteiger charge is 2.20. The van der Waals surface area contributed by atoms with Crippen molar-refractivity contribution in [3.63, 3.8) is 0 Å². The van der Waals surface area contributed by atoms with Gasteiger partial charge in [0.15, 0.2) is 0 Å². The number of aromatic nitrogens is 1. The van der Waals surface area contributed by atoms with E-state index in [0.717, 1.165) is 0 Å². The van der Waals surface area contributed by atoms with E-state index in [1.165, 1.54) is 25.3 Å². The monoisotopic (exact) mass is 306 g/mol. The molecule has 2 rings (SSSR count). The Morgan fingerprint density at radius 2 is 2.14 bits per heavy atom. The largest absolute Gasteiger partial charge is 0.496 e. The van der Waals surface area contributed by atoms with E-state index >= 15 is 0 Å². The predicted octanol–water partition coefficient (Wildman–Crippen LogP) is 2.57. The van der Waals surface area contributed by atoms with Gasteiger partial charge < -0.3 is 14.0 Å². The number of carbonyl (C=O) groups is 1. The van der Waals surface area contributed by atoms with Crippen LogP contribution in [0.5, 0.6) is 5.75 Å². The SMILES string of the molecule is COc1ccc([N+](=O)[O-])cc1COC(=O)c1c(C)noc1C. The number of rotatable bonds is 5. The Balaban J connectivity index is 2.19. The van der Waals surface area contributed by atoms with Gasteiger partial charge in [0.25, 0.3) is 5.69 Å². The van der Waals surface area contributed by atoms with Crippen molar-refractivity contribution in [3.05, 3.63) is 50.9 Å². The number of aryl methyl sites for hydroxylation is 2. The van der Waals surface area contributed by atoms with Gasteiger partial charge in [-0.2, -0.15) is 0 Å². The summed E-state index contributed by atoms with van der Waals surface area (Å²) in [7, 11) is 1.43. The lowest BCUT2D eigenvalue weighted by Crippen LogP contribution is -2.08. The number of carbonyl (C=O) groups excluding carboxylic acids is 1. The predicted molar refractivity (Wildman–Crippen MR) is 74.7 cm³/mol. The molecule has 1 aromatic heterocycles. The fourth-order valence-corrected chi connectivity index (χ4v) is 1.98. The van der Waals surface area contributed by atoms with Crippen molar-refractivity contribution in [2.45, 2.75) is 20.5 Å². The molecule has 0 saturated carbocycles. The van der Waals surface area contributed by atoms with Gasteiger partial charge in [0.05, 0.1) is 17.7 Å². The number of benzene rings is 1. The van der Waals surface area contributed by atoms with Crippen molar-refractivity contribution in [3.8, 4) is 5.75 Å². The molecule has 0 radical (unpaired) electrons. The molecule has 0 atom stereocenters. The lowest BCUT2D eigenvalue weighted by Gasteiger charge is -2.09. The molecule has 0 amide bonds. The molecule has 8 nitrogen and oxygen atoms in total. The molecular weight excluding hydrogens is 292 g/mol. The summed E-state index contributed by atoms with van der Waals surface area (Å²) in [5.41, 5.74) is 0.971.